The van der Waals surface area contributed by atoms with Crippen LogP contribution in [0.4, 0.5) is 11.4 Å². The number of nitrogens with zero attached hydrogens (tertiary/aromatic N) is 2. The third-order valence-electron chi connectivity index (χ3n) is 5.74. The van der Waals surface area contributed by atoms with Crippen LogP contribution in [-0.4, -0.2) is 35.2 Å². The molecule has 0 aromatic heterocycles. The SMILES string of the molecule is O=C1c2ccccc2C(=O)N1CC1CC(=O)N(Cc2ccccc2)c2ccccc2N1. The number of benzene rings is 3. The van der Waals surface area contributed by atoms with Crippen LogP contribution >= 0.6 is 0 Å². The second kappa shape index (κ2) is 7.72. The van der Waals surface area contributed by atoms with E-state index in [0.29, 0.717) is 17.7 Å². The molecule has 154 valence electrons. The number of rotatable bonds is 4. The zero-order valence-electron chi connectivity index (χ0n) is 16.8. The van der Waals surface area contributed by atoms with Crippen molar-refractivity contribution in [2.24, 2.45) is 0 Å². The first-order valence-corrected chi connectivity index (χ1v) is 10.3. The van der Waals surface area contributed by atoms with Crippen molar-refractivity contribution in [3.63, 3.8) is 0 Å². The van der Waals surface area contributed by atoms with E-state index in [0.717, 1.165) is 16.9 Å². The summed E-state index contributed by atoms with van der Waals surface area (Å²) in [7, 11) is 0. The van der Waals surface area contributed by atoms with E-state index in [1.165, 1.54) is 4.90 Å². The second-order valence-electron chi connectivity index (χ2n) is 7.79. The molecule has 0 saturated carbocycles. The van der Waals surface area contributed by atoms with Gasteiger partial charge in [-0.1, -0.05) is 54.6 Å². The van der Waals surface area contributed by atoms with Crippen LogP contribution < -0.4 is 10.2 Å². The molecule has 6 heteroatoms. The number of carbonyl (C=O) groups excluding carboxylic acids is 3. The topological polar surface area (TPSA) is 69.7 Å². The molecular weight excluding hydrogens is 390 g/mol. The van der Waals surface area contributed by atoms with Crippen molar-refractivity contribution in [2.45, 2.75) is 19.0 Å². The third kappa shape index (κ3) is 3.46. The number of imide groups is 1. The van der Waals surface area contributed by atoms with Gasteiger partial charge in [-0.2, -0.15) is 0 Å². The summed E-state index contributed by atoms with van der Waals surface area (Å²) in [6.07, 6.45) is 0.176. The molecule has 1 unspecified atom stereocenters. The van der Waals surface area contributed by atoms with Gasteiger partial charge < -0.3 is 10.2 Å². The molecule has 0 bridgehead atoms. The summed E-state index contributed by atoms with van der Waals surface area (Å²) >= 11 is 0. The van der Waals surface area contributed by atoms with Crippen LogP contribution in [0.1, 0.15) is 32.7 Å². The van der Waals surface area contributed by atoms with Crippen LogP contribution in [0.15, 0.2) is 78.9 Å². The molecule has 2 aliphatic heterocycles. The van der Waals surface area contributed by atoms with Gasteiger partial charge in [0.05, 0.1) is 35.1 Å². The van der Waals surface area contributed by atoms with Gasteiger partial charge in [0.15, 0.2) is 0 Å². The number of hydrogen-bond acceptors (Lipinski definition) is 4. The molecule has 2 heterocycles. The molecule has 2 aliphatic rings. The van der Waals surface area contributed by atoms with Crippen molar-refractivity contribution in [2.75, 3.05) is 16.8 Å². The summed E-state index contributed by atoms with van der Waals surface area (Å²) in [5.74, 6) is -0.676. The highest BCUT2D eigenvalue weighted by molar-refractivity contribution is 6.21. The molecule has 3 amide bonds. The van der Waals surface area contributed by atoms with Crippen LogP contribution in [0.2, 0.25) is 0 Å². The minimum atomic E-state index is -0.378. The fraction of sp³-hybridized carbons (Fsp3) is 0.160. The minimum absolute atomic E-state index is 0.0529. The molecule has 3 aromatic carbocycles. The molecule has 6 nitrogen and oxygen atoms in total. The van der Waals surface area contributed by atoms with Gasteiger partial charge in [-0.05, 0) is 29.8 Å². The van der Waals surface area contributed by atoms with Gasteiger partial charge in [-0.15, -0.1) is 0 Å². The summed E-state index contributed by atoms with van der Waals surface area (Å²) in [5, 5.41) is 3.39. The zero-order valence-corrected chi connectivity index (χ0v) is 16.8. The Balaban J connectivity index is 1.42. The van der Waals surface area contributed by atoms with E-state index >= 15 is 0 Å². The summed E-state index contributed by atoms with van der Waals surface area (Å²) in [6, 6.07) is 23.9. The van der Waals surface area contributed by atoms with E-state index in [4.69, 9.17) is 0 Å². The fourth-order valence-electron chi connectivity index (χ4n) is 4.23. The van der Waals surface area contributed by atoms with Gasteiger partial charge >= 0.3 is 0 Å². The maximum atomic E-state index is 13.2. The van der Waals surface area contributed by atoms with Crippen LogP contribution in [0.5, 0.6) is 0 Å². The first-order valence-electron chi connectivity index (χ1n) is 10.3. The molecule has 31 heavy (non-hydrogen) atoms. The summed E-state index contributed by atoms with van der Waals surface area (Å²) < 4.78 is 0. The number of amides is 3. The van der Waals surface area contributed by atoms with Crippen molar-refractivity contribution in [3.8, 4) is 0 Å². The standard InChI is InChI=1S/C25H21N3O3/c29-23-14-18(16-28-24(30)19-10-4-5-11-20(19)25(28)31)26-21-12-6-7-13-22(21)27(23)15-17-8-2-1-3-9-17/h1-13,18,26H,14-16H2. The lowest BCUT2D eigenvalue weighted by Crippen LogP contribution is -2.41. The number of para-hydroxylation sites is 2. The first kappa shape index (κ1) is 19.1. The molecule has 0 radical (unpaired) electrons. The Morgan fingerprint density at radius 1 is 0.742 bits per heavy atom. The predicted octanol–water partition coefficient (Wildman–Crippen LogP) is 3.70. The van der Waals surface area contributed by atoms with E-state index < -0.39 is 0 Å². The first-order chi connectivity index (χ1) is 15.1. The third-order valence-corrected chi connectivity index (χ3v) is 5.74. The Morgan fingerprint density at radius 3 is 2.06 bits per heavy atom. The molecular formula is C25H21N3O3. The smallest absolute Gasteiger partial charge is 0.261 e. The van der Waals surface area contributed by atoms with E-state index in [1.807, 2.05) is 54.6 Å². The average Bonchev–Trinajstić information content (AvgIpc) is 2.95. The number of anilines is 2. The van der Waals surface area contributed by atoms with E-state index in [9.17, 15) is 14.4 Å². The molecule has 1 atom stereocenters. The predicted molar refractivity (Wildman–Crippen MR) is 118 cm³/mol. The van der Waals surface area contributed by atoms with Gasteiger partial charge in [-0.3, -0.25) is 19.3 Å². The highest BCUT2D eigenvalue weighted by atomic mass is 16.2. The molecule has 0 saturated heterocycles. The number of carbonyl (C=O) groups is 3. The largest absolute Gasteiger partial charge is 0.378 e. The molecule has 5 rings (SSSR count). The maximum absolute atomic E-state index is 13.2. The Hall–Kier alpha value is -3.93. The van der Waals surface area contributed by atoms with Gasteiger partial charge in [0.2, 0.25) is 5.91 Å². The van der Waals surface area contributed by atoms with Crippen LogP contribution in [0.25, 0.3) is 0 Å². The second-order valence-corrected chi connectivity index (χ2v) is 7.79. The van der Waals surface area contributed by atoms with Crippen LogP contribution in [0.3, 0.4) is 0 Å². The maximum Gasteiger partial charge on any atom is 0.261 e. The van der Waals surface area contributed by atoms with E-state index in [1.54, 1.807) is 29.2 Å². The molecule has 0 fully saturated rings. The monoisotopic (exact) mass is 411 g/mol. The normalized spacial score (nSPS) is 17.8. The minimum Gasteiger partial charge on any atom is -0.378 e. The zero-order chi connectivity index (χ0) is 21.4. The Morgan fingerprint density at radius 2 is 1.35 bits per heavy atom. The number of hydrogen-bond donors (Lipinski definition) is 1. The number of nitrogens with one attached hydrogen (secondary N) is 1. The average molecular weight is 411 g/mol. The van der Waals surface area contributed by atoms with Crippen LogP contribution in [-0.2, 0) is 11.3 Å². The van der Waals surface area contributed by atoms with Gasteiger partial charge in [0.1, 0.15) is 0 Å². The lowest BCUT2D eigenvalue weighted by atomic mass is 10.1. The summed E-state index contributed by atoms with van der Waals surface area (Å²) in [4.78, 5) is 41.8. The quantitative estimate of drug-likeness (QED) is 0.665. The van der Waals surface area contributed by atoms with E-state index in [-0.39, 0.29) is 36.7 Å². The number of fused-ring (bicyclic) bond motifs is 2. The highest BCUT2D eigenvalue weighted by Gasteiger charge is 2.38. The van der Waals surface area contributed by atoms with E-state index in [2.05, 4.69) is 5.32 Å². The van der Waals surface area contributed by atoms with Gasteiger partial charge in [-0.25, -0.2) is 0 Å². The Kier molecular flexibility index (Phi) is 4.75. The highest BCUT2D eigenvalue weighted by Crippen LogP contribution is 2.32. The fourth-order valence-corrected chi connectivity index (χ4v) is 4.23. The molecule has 0 aliphatic carbocycles. The molecule has 0 spiro atoms. The van der Waals surface area contributed by atoms with Crippen LogP contribution in [0, 0.1) is 0 Å². The lowest BCUT2D eigenvalue weighted by molar-refractivity contribution is -0.118. The van der Waals surface area contributed by atoms with Crippen molar-refractivity contribution in [3.05, 3.63) is 95.6 Å². The Bertz CT molecular complexity index is 1140. The molecule has 1 N–H and O–H groups in total. The lowest BCUT2D eigenvalue weighted by Gasteiger charge is -2.22. The van der Waals surface area contributed by atoms with Crippen molar-refractivity contribution in [1.82, 2.24) is 4.90 Å². The van der Waals surface area contributed by atoms with Gasteiger partial charge in [0.25, 0.3) is 11.8 Å². The summed E-state index contributed by atoms with van der Waals surface area (Å²) in [6.45, 7) is 0.587. The van der Waals surface area contributed by atoms with Crippen molar-refractivity contribution >= 4 is 29.1 Å². The molecule has 3 aromatic rings. The van der Waals surface area contributed by atoms with Crippen molar-refractivity contribution in [1.29, 1.82) is 0 Å². The Labute approximate surface area is 180 Å². The van der Waals surface area contributed by atoms with Crippen molar-refractivity contribution < 1.29 is 14.4 Å². The summed E-state index contributed by atoms with van der Waals surface area (Å²) in [5.41, 5.74) is 3.47. The van der Waals surface area contributed by atoms with Gasteiger partial charge in [0, 0.05) is 13.0 Å².